The Hall–Kier alpha value is -0.870. The van der Waals surface area contributed by atoms with Crippen molar-refractivity contribution in [3.63, 3.8) is 0 Å². The Morgan fingerprint density at radius 3 is 2.63 bits per heavy atom. The summed E-state index contributed by atoms with van der Waals surface area (Å²) >= 11 is 0. The van der Waals surface area contributed by atoms with Crippen LogP contribution in [0.4, 0.5) is 0 Å². The summed E-state index contributed by atoms with van der Waals surface area (Å²) in [6.07, 6.45) is 1.06. The first-order valence-electron chi connectivity index (χ1n) is 7.02. The maximum absolute atomic E-state index is 11.9. The van der Waals surface area contributed by atoms with E-state index in [9.17, 15) is 4.21 Å². The van der Waals surface area contributed by atoms with Crippen LogP contribution in [0, 0.1) is 0 Å². The van der Waals surface area contributed by atoms with E-state index >= 15 is 0 Å². The molecule has 1 rings (SSSR count). The monoisotopic (exact) mass is 283 g/mol. The van der Waals surface area contributed by atoms with Crippen LogP contribution in [-0.4, -0.2) is 28.9 Å². The predicted molar refractivity (Wildman–Crippen MR) is 82.2 cm³/mol. The molecular formula is C15H25NO2S. The average Bonchev–Trinajstić information content (AvgIpc) is 2.44. The minimum atomic E-state index is -0.791. The van der Waals surface area contributed by atoms with Crippen LogP contribution in [0.1, 0.15) is 38.8 Å². The molecule has 2 unspecified atom stereocenters. The fraction of sp³-hybridized carbons (Fsp3) is 0.600. The fourth-order valence-corrected chi connectivity index (χ4v) is 2.84. The lowest BCUT2D eigenvalue weighted by molar-refractivity contribution is 0.332. The zero-order valence-corrected chi connectivity index (χ0v) is 13.0. The fourth-order valence-electron chi connectivity index (χ4n) is 1.94. The van der Waals surface area contributed by atoms with Gasteiger partial charge < -0.3 is 10.1 Å². The van der Waals surface area contributed by atoms with Crippen molar-refractivity contribution in [3.8, 4) is 5.75 Å². The van der Waals surface area contributed by atoms with E-state index in [2.05, 4.69) is 18.3 Å². The van der Waals surface area contributed by atoms with Crippen LogP contribution in [0.5, 0.6) is 5.75 Å². The summed E-state index contributed by atoms with van der Waals surface area (Å²) in [5.41, 5.74) is 1.11. The molecule has 1 N–H and O–H groups in total. The highest BCUT2D eigenvalue weighted by molar-refractivity contribution is 7.84. The maximum atomic E-state index is 11.9. The summed E-state index contributed by atoms with van der Waals surface area (Å²) in [5, 5.41) is 3.48. The Morgan fingerprint density at radius 2 is 2.00 bits per heavy atom. The van der Waals surface area contributed by atoms with Gasteiger partial charge in [0.15, 0.2) is 0 Å². The van der Waals surface area contributed by atoms with Crippen molar-refractivity contribution in [2.75, 3.05) is 24.7 Å². The molecule has 4 heteroatoms. The van der Waals surface area contributed by atoms with Gasteiger partial charge >= 0.3 is 0 Å². The summed E-state index contributed by atoms with van der Waals surface area (Å²) < 4.78 is 17.5. The van der Waals surface area contributed by atoms with Crippen molar-refractivity contribution in [2.45, 2.75) is 33.2 Å². The van der Waals surface area contributed by atoms with Crippen molar-refractivity contribution in [1.29, 1.82) is 0 Å². The van der Waals surface area contributed by atoms with Crippen LogP contribution in [-0.2, 0) is 10.8 Å². The highest BCUT2D eigenvalue weighted by Crippen LogP contribution is 2.25. The van der Waals surface area contributed by atoms with Gasteiger partial charge in [-0.1, -0.05) is 32.0 Å². The second kappa shape index (κ2) is 9.10. The van der Waals surface area contributed by atoms with Gasteiger partial charge in [0.1, 0.15) is 5.75 Å². The van der Waals surface area contributed by atoms with Crippen LogP contribution < -0.4 is 10.1 Å². The number of ether oxygens (including phenoxy) is 1. The van der Waals surface area contributed by atoms with Crippen molar-refractivity contribution >= 4 is 10.8 Å². The summed E-state index contributed by atoms with van der Waals surface area (Å²) in [4.78, 5) is 0. The van der Waals surface area contributed by atoms with Gasteiger partial charge in [0.05, 0.1) is 6.61 Å². The van der Waals surface area contributed by atoms with Gasteiger partial charge in [0, 0.05) is 33.9 Å². The molecule has 108 valence electrons. The van der Waals surface area contributed by atoms with Crippen molar-refractivity contribution in [2.24, 2.45) is 0 Å². The largest absolute Gasteiger partial charge is 0.494 e. The molecule has 0 spiro atoms. The van der Waals surface area contributed by atoms with Gasteiger partial charge in [0.2, 0.25) is 0 Å². The van der Waals surface area contributed by atoms with Crippen molar-refractivity contribution in [3.05, 3.63) is 29.8 Å². The van der Waals surface area contributed by atoms with Gasteiger partial charge in [0.25, 0.3) is 0 Å². The normalized spacial score (nSPS) is 14.1. The molecule has 0 fully saturated rings. The first-order valence-corrected chi connectivity index (χ1v) is 8.51. The Balaban J connectivity index is 2.91. The molecule has 1 aromatic rings. The van der Waals surface area contributed by atoms with Gasteiger partial charge in [-0.05, 0) is 26.0 Å². The SMILES string of the molecule is CCCNC(CS(=O)CC)c1ccccc1OCC. The van der Waals surface area contributed by atoms with E-state index in [-0.39, 0.29) is 6.04 Å². The molecule has 0 heterocycles. The first kappa shape index (κ1) is 16.2. The number of hydrogen-bond donors (Lipinski definition) is 1. The van der Waals surface area contributed by atoms with Crippen LogP contribution in [0.2, 0.25) is 0 Å². The summed E-state index contributed by atoms with van der Waals surface area (Å²) in [7, 11) is -0.791. The van der Waals surface area contributed by atoms with E-state index in [0.29, 0.717) is 18.1 Å². The highest BCUT2D eigenvalue weighted by Gasteiger charge is 2.17. The van der Waals surface area contributed by atoms with E-state index in [1.807, 2.05) is 32.0 Å². The minimum absolute atomic E-state index is 0.100. The highest BCUT2D eigenvalue weighted by atomic mass is 32.2. The minimum Gasteiger partial charge on any atom is -0.494 e. The molecule has 0 aromatic heterocycles. The third-order valence-corrected chi connectivity index (χ3v) is 4.26. The molecule has 0 aliphatic carbocycles. The number of hydrogen-bond acceptors (Lipinski definition) is 3. The molecular weight excluding hydrogens is 258 g/mol. The molecule has 3 nitrogen and oxygen atoms in total. The molecule has 0 saturated heterocycles. The summed E-state index contributed by atoms with van der Waals surface area (Å²) in [6, 6.07) is 8.12. The Bertz CT molecular complexity index is 395. The lowest BCUT2D eigenvalue weighted by atomic mass is 10.1. The second-order valence-electron chi connectivity index (χ2n) is 4.37. The number of nitrogens with one attached hydrogen (secondary N) is 1. The quantitative estimate of drug-likeness (QED) is 0.757. The zero-order valence-electron chi connectivity index (χ0n) is 12.1. The van der Waals surface area contributed by atoms with Crippen LogP contribution in [0.25, 0.3) is 0 Å². The van der Waals surface area contributed by atoms with E-state index < -0.39 is 10.8 Å². The number of para-hydroxylation sites is 1. The van der Waals surface area contributed by atoms with Gasteiger partial charge in [-0.25, -0.2) is 0 Å². The molecule has 1 aromatic carbocycles. The Labute approximate surface area is 119 Å². The maximum Gasteiger partial charge on any atom is 0.124 e. The third kappa shape index (κ3) is 5.33. The van der Waals surface area contributed by atoms with Crippen molar-refractivity contribution in [1.82, 2.24) is 5.32 Å². The topological polar surface area (TPSA) is 38.3 Å². The molecule has 0 amide bonds. The van der Waals surface area contributed by atoms with Gasteiger partial charge in [-0.3, -0.25) is 4.21 Å². The molecule has 0 saturated carbocycles. The average molecular weight is 283 g/mol. The van der Waals surface area contributed by atoms with Crippen LogP contribution in [0.15, 0.2) is 24.3 Å². The lowest BCUT2D eigenvalue weighted by Gasteiger charge is -2.21. The van der Waals surface area contributed by atoms with Crippen LogP contribution in [0.3, 0.4) is 0 Å². The van der Waals surface area contributed by atoms with Gasteiger partial charge in [-0.2, -0.15) is 0 Å². The Kier molecular flexibility index (Phi) is 7.75. The summed E-state index contributed by atoms with van der Waals surface area (Å²) in [5.74, 6) is 2.23. The molecule has 0 radical (unpaired) electrons. The predicted octanol–water partition coefficient (Wildman–Crippen LogP) is 2.89. The third-order valence-electron chi connectivity index (χ3n) is 2.91. The zero-order chi connectivity index (χ0) is 14.1. The molecule has 0 aliphatic rings. The standard InChI is InChI=1S/C15H25NO2S/c1-4-11-16-14(12-19(17)6-3)13-9-7-8-10-15(13)18-5-2/h7-10,14,16H,4-6,11-12H2,1-3H3. The van der Waals surface area contributed by atoms with E-state index in [1.54, 1.807) is 0 Å². The number of benzene rings is 1. The smallest absolute Gasteiger partial charge is 0.124 e. The molecule has 2 atom stereocenters. The van der Waals surface area contributed by atoms with E-state index in [1.165, 1.54) is 0 Å². The van der Waals surface area contributed by atoms with E-state index in [4.69, 9.17) is 4.74 Å². The van der Waals surface area contributed by atoms with Crippen molar-refractivity contribution < 1.29 is 8.95 Å². The lowest BCUT2D eigenvalue weighted by Crippen LogP contribution is -2.28. The molecule has 0 aliphatic heterocycles. The summed E-state index contributed by atoms with van der Waals surface area (Å²) in [6.45, 7) is 7.65. The molecule has 19 heavy (non-hydrogen) atoms. The van der Waals surface area contributed by atoms with Crippen LogP contribution >= 0.6 is 0 Å². The van der Waals surface area contributed by atoms with Gasteiger partial charge in [-0.15, -0.1) is 0 Å². The second-order valence-corrected chi connectivity index (χ2v) is 6.16. The first-order chi connectivity index (χ1) is 9.22. The Morgan fingerprint density at radius 1 is 1.26 bits per heavy atom. The molecule has 0 bridgehead atoms. The number of rotatable bonds is 9. The van der Waals surface area contributed by atoms with E-state index in [0.717, 1.165) is 24.3 Å².